The zero-order valence-corrected chi connectivity index (χ0v) is 18.7. The second-order valence-corrected chi connectivity index (χ2v) is 8.79. The van der Waals surface area contributed by atoms with Crippen molar-refractivity contribution in [3.8, 4) is 5.75 Å². The van der Waals surface area contributed by atoms with Crippen LogP contribution in [0.25, 0.3) is 21.8 Å². The van der Waals surface area contributed by atoms with E-state index in [-0.39, 0.29) is 0 Å². The van der Waals surface area contributed by atoms with Gasteiger partial charge < -0.3 is 19.7 Å². The number of nitrogens with one attached hydrogen (secondary N) is 1. The third-order valence-electron chi connectivity index (χ3n) is 4.87. The van der Waals surface area contributed by atoms with E-state index in [0.717, 1.165) is 42.2 Å². The quantitative estimate of drug-likeness (QED) is 0.345. The Hall–Kier alpha value is -2.02. The molecule has 0 aliphatic heterocycles. The Kier molecular flexibility index (Phi) is 5.12. The summed E-state index contributed by atoms with van der Waals surface area (Å²) in [6.45, 7) is 2.16. The highest BCUT2D eigenvalue weighted by Crippen LogP contribution is 2.36. The Labute approximate surface area is 180 Å². The van der Waals surface area contributed by atoms with Gasteiger partial charge in [0.15, 0.2) is 5.72 Å². The minimum Gasteiger partial charge on any atom is -0.497 e. The minimum absolute atomic E-state index is 0.338. The summed E-state index contributed by atoms with van der Waals surface area (Å²) in [7, 11) is 1.64. The van der Waals surface area contributed by atoms with Gasteiger partial charge in [-0.2, -0.15) is 0 Å². The van der Waals surface area contributed by atoms with Crippen LogP contribution in [0.4, 0.5) is 5.69 Å². The summed E-state index contributed by atoms with van der Waals surface area (Å²) in [6.07, 6.45) is 0. The molecule has 0 bridgehead atoms. The van der Waals surface area contributed by atoms with Crippen molar-refractivity contribution in [1.82, 2.24) is 4.57 Å². The molecule has 1 atom stereocenters. The number of benzene rings is 3. The van der Waals surface area contributed by atoms with Crippen LogP contribution >= 0.6 is 31.9 Å². The van der Waals surface area contributed by atoms with Gasteiger partial charge in [0.25, 0.3) is 0 Å². The maximum absolute atomic E-state index is 11.4. The number of hydrogen-bond acceptors (Lipinski definition) is 3. The smallest absolute Gasteiger partial charge is 0.156 e. The molecule has 4 rings (SSSR count). The molecule has 0 saturated heterocycles. The van der Waals surface area contributed by atoms with Crippen LogP contribution in [0.3, 0.4) is 0 Å². The lowest BCUT2D eigenvalue weighted by Crippen LogP contribution is -2.37. The molecule has 1 unspecified atom stereocenters. The summed E-state index contributed by atoms with van der Waals surface area (Å²) in [5.41, 5.74) is 1.71. The molecule has 0 aliphatic carbocycles. The van der Waals surface area contributed by atoms with Crippen molar-refractivity contribution in [3.05, 3.63) is 69.6 Å². The number of aliphatic hydroxyl groups is 1. The van der Waals surface area contributed by atoms with Gasteiger partial charge in [-0.25, -0.2) is 0 Å². The summed E-state index contributed by atoms with van der Waals surface area (Å²) in [5.74, 6) is 0.774. The Morgan fingerprint density at radius 1 is 0.964 bits per heavy atom. The van der Waals surface area contributed by atoms with Crippen molar-refractivity contribution in [1.29, 1.82) is 0 Å². The Bertz CT molecular complexity index is 1110. The van der Waals surface area contributed by atoms with Crippen molar-refractivity contribution >= 4 is 59.4 Å². The molecule has 0 aliphatic rings. The third kappa shape index (κ3) is 3.52. The molecule has 0 saturated carbocycles. The van der Waals surface area contributed by atoms with Gasteiger partial charge in [0.1, 0.15) is 5.75 Å². The summed E-state index contributed by atoms with van der Waals surface area (Å²) >= 11 is 7.13. The number of methoxy groups -OCH3 is 1. The SMILES string of the molecule is COc1cccc(NCC(C)(O)n2c3ccc(Br)cc3c3cc(Br)ccc32)c1. The topological polar surface area (TPSA) is 46.4 Å². The number of anilines is 1. The van der Waals surface area contributed by atoms with Crippen molar-refractivity contribution in [3.63, 3.8) is 0 Å². The second-order valence-electron chi connectivity index (χ2n) is 6.96. The molecule has 1 aromatic heterocycles. The Morgan fingerprint density at radius 2 is 1.57 bits per heavy atom. The number of halogens is 2. The maximum Gasteiger partial charge on any atom is 0.156 e. The first-order valence-corrected chi connectivity index (χ1v) is 10.5. The van der Waals surface area contributed by atoms with Gasteiger partial charge >= 0.3 is 0 Å². The lowest BCUT2D eigenvalue weighted by molar-refractivity contribution is 0.00391. The summed E-state index contributed by atoms with van der Waals surface area (Å²) < 4.78 is 9.29. The number of fused-ring (bicyclic) bond motifs is 3. The van der Waals surface area contributed by atoms with Crippen LogP contribution in [0, 0.1) is 0 Å². The second kappa shape index (κ2) is 7.43. The van der Waals surface area contributed by atoms with E-state index in [1.54, 1.807) is 7.11 Å². The first kappa shape index (κ1) is 19.3. The standard InChI is InChI=1S/C22H20Br2N2O2/c1-22(27,13-25-16-4-3-5-17(12-16)28-2)26-20-8-6-14(23)10-18(20)19-11-15(24)7-9-21(19)26/h3-12,25,27H,13H2,1-2H3. The first-order chi connectivity index (χ1) is 13.4. The van der Waals surface area contributed by atoms with Gasteiger partial charge in [0, 0.05) is 31.5 Å². The molecule has 0 fully saturated rings. The molecular formula is C22H20Br2N2O2. The summed E-state index contributed by atoms with van der Waals surface area (Å²) in [4.78, 5) is 0. The van der Waals surface area contributed by atoms with E-state index in [1.807, 2.05) is 60.0 Å². The van der Waals surface area contributed by atoms with E-state index < -0.39 is 5.72 Å². The zero-order chi connectivity index (χ0) is 19.9. The average molecular weight is 504 g/mol. The number of nitrogens with zero attached hydrogens (tertiary/aromatic N) is 1. The van der Waals surface area contributed by atoms with E-state index >= 15 is 0 Å². The maximum atomic E-state index is 11.4. The molecule has 28 heavy (non-hydrogen) atoms. The Balaban J connectivity index is 1.79. The fourth-order valence-corrected chi connectivity index (χ4v) is 4.29. The molecule has 6 heteroatoms. The molecule has 0 amide bonds. The van der Waals surface area contributed by atoms with Gasteiger partial charge in [-0.15, -0.1) is 0 Å². The van der Waals surface area contributed by atoms with Crippen LogP contribution in [0.2, 0.25) is 0 Å². The molecule has 4 aromatic rings. The number of aromatic nitrogens is 1. The van der Waals surface area contributed by atoms with Crippen LogP contribution in [0.15, 0.2) is 69.6 Å². The van der Waals surface area contributed by atoms with Crippen molar-refractivity contribution in [2.24, 2.45) is 0 Å². The fourth-order valence-electron chi connectivity index (χ4n) is 3.57. The van der Waals surface area contributed by atoms with E-state index in [4.69, 9.17) is 4.74 Å². The van der Waals surface area contributed by atoms with Crippen molar-refractivity contribution in [2.45, 2.75) is 12.6 Å². The number of hydrogen-bond donors (Lipinski definition) is 2. The highest BCUT2D eigenvalue weighted by atomic mass is 79.9. The summed E-state index contributed by atoms with van der Waals surface area (Å²) in [6, 6.07) is 19.9. The number of ether oxygens (including phenoxy) is 1. The number of rotatable bonds is 5. The van der Waals surface area contributed by atoms with E-state index in [1.165, 1.54) is 0 Å². The highest BCUT2D eigenvalue weighted by molar-refractivity contribution is 9.10. The molecule has 1 heterocycles. The van der Waals surface area contributed by atoms with Gasteiger partial charge in [0.05, 0.1) is 24.7 Å². The lowest BCUT2D eigenvalue weighted by Gasteiger charge is -2.28. The summed E-state index contributed by atoms with van der Waals surface area (Å²) in [5, 5.41) is 17.0. The zero-order valence-electron chi connectivity index (χ0n) is 15.5. The van der Waals surface area contributed by atoms with Crippen molar-refractivity contribution < 1.29 is 9.84 Å². The van der Waals surface area contributed by atoms with Gasteiger partial charge in [-0.1, -0.05) is 37.9 Å². The van der Waals surface area contributed by atoms with E-state index in [0.29, 0.717) is 6.54 Å². The first-order valence-electron chi connectivity index (χ1n) is 8.89. The lowest BCUT2D eigenvalue weighted by atomic mass is 10.2. The monoisotopic (exact) mass is 502 g/mol. The van der Waals surface area contributed by atoms with Gasteiger partial charge in [-0.05, 0) is 55.5 Å². The predicted octanol–water partition coefficient (Wildman–Crippen LogP) is 6.11. The normalized spacial score (nSPS) is 13.6. The molecule has 0 spiro atoms. The minimum atomic E-state index is -1.15. The largest absolute Gasteiger partial charge is 0.497 e. The molecule has 4 nitrogen and oxygen atoms in total. The van der Waals surface area contributed by atoms with Crippen LogP contribution in [0.1, 0.15) is 6.92 Å². The van der Waals surface area contributed by atoms with E-state index in [2.05, 4.69) is 49.3 Å². The molecule has 0 radical (unpaired) electrons. The predicted molar refractivity (Wildman–Crippen MR) is 122 cm³/mol. The van der Waals surface area contributed by atoms with Crippen LogP contribution < -0.4 is 10.1 Å². The highest BCUT2D eigenvalue weighted by Gasteiger charge is 2.27. The van der Waals surface area contributed by atoms with Gasteiger partial charge in [-0.3, -0.25) is 0 Å². The average Bonchev–Trinajstić information content (AvgIpc) is 3.00. The van der Waals surface area contributed by atoms with E-state index in [9.17, 15) is 5.11 Å². The van der Waals surface area contributed by atoms with Crippen LogP contribution in [-0.2, 0) is 5.72 Å². The Morgan fingerprint density at radius 3 is 2.14 bits per heavy atom. The molecular weight excluding hydrogens is 484 g/mol. The van der Waals surface area contributed by atoms with Crippen LogP contribution in [0.5, 0.6) is 5.75 Å². The van der Waals surface area contributed by atoms with Gasteiger partial charge in [0.2, 0.25) is 0 Å². The van der Waals surface area contributed by atoms with Crippen molar-refractivity contribution in [2.75, 3.05) is 19.0 Å². The molecule has 3 aromatic carbocycles. The molecule has 2 N–H and O–H groups in total. The van der Waals surface area contributed by atoms with Crippen LogP contribution in [-0.4, -0.2) is 23.3 Å². The third-order valence-corrected chi connectivity index (χ3v) is 5.85. The fraction of sp³-hybridized carbons (Fsp3) is 0.182. The molecule has 144 valence electrons.